The molecule has 1 aliphatic carbocycles. The topological polar surface area (TPSA) is 38.7 Å². The van der Waals surface area contributed by atoms with Gasteiger partial charge in [0.25, 0.3) is 0 Å². The first-order chi connectivity index (χ1) is 10.3. The average molecular weight is 288 g/mol. The van der Waals surface area contributed by atoms with Gasteiger partial charge in [0.15, 0.2) is 0 Å². The van der Waals surface area contributed by atoms with Gasteiger partial charge < -0.3 is 14.6 Å². The van der Waals surface area contributed by atoms with E-state index in [-0.39, 0.29) is 6.61 Å². The number of hydrogen-bond donors (Lipinski definition) is 1. The molecule has 1 aliphatic rings. The molecule has 1 N–H and O–H groups in total. The molecular weight excluding hydrogens is 264 g/mol. The van der Waals surface area contributed by atoms with Crippen LogP contribution in [0.5, 0.6) is 5.75 Å². The maximum Gasteiger partial charge on any atom is 0.124 e. The van der Waals surface area contributed by atoms with E-state index in [1.54, 1.807) is 7.11 Å². The van der Waals surface area contributed by atoms with Crippen LogP contribution in [-0.4, -0.2) is 24.9 Å². The van der Waals surface area contributed by atoms with E-state index in [2.05, 4.69) is 11.8 Å². The molecular formula is C18H24O3. The summed E-state index contributed by atoms with van der Waals surface area (Å²) in [7, 11) is 1.67. The molecule has 0 unspecified atom stereocenters. The molecule has 0 amide bonds. The SMILES string of the molecule is COc1ccc(C#CCO)cc1COC1CCCCCC1. The van der Waals surface area contributed by atoms with Crippen LogP contribution in [0.4, 0.5) is 0 Å². The molecule has 0 aromatic heterocycles. The minimum atomic E-state index is -0.125. The Balaban J connectivity index is 2.02. The second-order valence-corrected chi connectivity index (χ2v) is 5.41. The molecule has 0 aliphatic heterocycles. The van der Waals surface area contributed by atoms with Crippen LogP contribution < -0.4 is 4.74 Å². The van der Waals surface area contributed by atoms with Gasteiger partial charge in [-0.1, -0.05) is 37.5 Å². The van der Waals surface area contributed by atoms with Crippen molar-refractivity contribution in [1.82, 2.24) is 0 Å². The van der Waals surface area contributed by atoms with E-state index in [9.17, 15) is 0 Å². The largest absolute Gasteiger partial charge is 0.496 e. The normalized spacial score (nSPS) is 15.9. The molecule has 114 valence electrons. The van der Waals surface area contributed by atoms with Crippen LogP contribution in [-0.2, 0) is 11.3 Å². The van der Waals surface area contributed by atoms with Gasteiger partial charge in [-0.25, -0.2) is 0 Å². The average Bonchev–Trinajstić information content (AvgIpc) is 2.79. The summed E-state index contributed by atoms with van der Waals surface area (Å²) in [5.74, 6) is 6.42. The molecule has 0 radical (unpaired) electrons. The third kappa shape index (κ3) is 5.08. The zero-order valence-corrected chi connectivity index (χ0v) is 12.7. The molecule has 2 rings (SSSR count). The second kappa shape index (κ2) is 8.71. The fraction of sp³-hybridized carbons (Fsp3) is 0.556. The zero-order chi connectivity index (χ0) is 14.9. The lowest BCUT2D eigenvalue weighted by Crippen LogP contribution is -2.12. The second-order valence-electron chi connectivity index (χ2n) is 5.41. The fourth-order valence-corrected chi connectivity index (χ4v) is 2.73. The Hall–Kier alpha value is -1.50. The Morgan fingerprint density at radius 2 is 1.95 bits per heavy atom. The van der Waals surface area contributed by atoms with Crippen molar-refractivity contribution in [2.45, 2.75) is 51.2 Å². The van der Waals surface area contributed by atoms with E-state index in [0.717, 1.165) is 29.7 Å². The molecule has 1 fully saturated rings. The Morgan fingerprint density at radius 3 is 2.62 bits per heavy atom. The van der Waals surface area contributed by atoms with Crippen molar-refractivity contribution >= 4 is 0 Å². The highest BCUT2D eigenvalue weighted by Crippen LogP contribution is 2.24. The summed E-state index contributed by atoms with van der Waals surface area (Å²) >= 11 is 0. The van der Waals surface area contributed by atoms with Crippen molar-refractivity contribution in [3.05, 3.63) is 29.3 Å². The van der Waals surface area contributed by atoms with E-state index in [4.69, 9.17) is 14.6 Å². The van der Waals surface area contributed by atoms with Crippen molar-refractivity contribution in [1.29, 1.82) is 0 Å². The lowest BCUT2D eigenvalue weighted by molar-refractivity contribution is 0.0300. The third-order valence-corrected chi connectivity index (χ3v) is 3.87. The summed E-state index contributed by atoms with van der Waals surface area (Å²) < 4.78 is 11.5. The predicted molar refractivity (Wildman–Crippen MR) is 83.2 cm³/mol. The van der Waals surface area contributed by atoms with E-state index in [0.29, 0.717) is 12.7 Å². The number of rotatable bonds is 4. The van der Waals surface area contributed by atoms with Gasteiger partial charge in [0.1, 0.15) is 12.4 Å². The number of hydrogen-bond acceptors (Lipinski definition) is 3. The van der Waals surface area contributed by atoms with Crippen molar-refractivity contribution in [3.63, 3.8) is 0 Å². The van der Waals surface area contributed by atoms with Crippen molar-refractivity contribution in [2.75, 3.05) is 13.7 Å². The van der Waals surface area contributed by atoms with E-state index in [1.165, 1.54) is 25.7 Å². The first kappa shape index (κ1) is 15.9. The number of aliphatic hydroxyl groups excluding tert-OH is 1. The monoisotopic (exact) mass is 288 g/mol. The summed E-state index contributed by atoms with van der Waals surface area (Å²) in [5.41, 5.74) is 1.90. The number of ether oxygens (including phenoxy) is 2. The van der Waals surface area contributed by atoms with Crippen molar-refractivity contribution in [2.24, 2.45) is 0 Å². The molecule has 3 nitrogen and oxygen atoms in total. The Labute approximate surface area is 127 Å². The van der Waals surface area contributed by atoms with Gasteiger partial charge in [-0.05, 0) is 31.0 Å². The van der Waals surface area contributed by atoms with Crippen LogP contribution in [0, 0.1) is 11.8 Å². The minimum Gasteiger partial charge on any atom is -0.496 e. The highest BCUT2D eigenvalue weighted by molar-refractivity contribution is 5.44. The number of methoxy groups -OCH3 is 1. The Bertz CT molecular complexity index is 491. The fourth-order valence-electron chi connectivity index (χ4n) is 2.73. The van der Waals surface area contributed by atoms with Crippen molar-refractivity contribution < 1.29 is 14.6 Å². The Kier molecular flexibility index (Phi) is 6.59. The van der Waals surface area contributed by atoms with Gasteiger partial charge >= 0.3 is 0 Å². The molecule has 0 saturated heterocycles. The van der Waals surface area contributed by atoms with Gasteiger partial charge in [0.05, 0.1) is 19.8 Å². The van der Waals surface area contributed by atoms with Gasteiger partial charge in [0, 0.05) is 11.1 Å². The quantitative estimate of drug-likeness (QED) is 0.682. The lowest BCUT2D eigenvalue weighted by Gasteiger charge is -2.17. The predicted octanol–water partition coefficient (Wildman–Crippen LogP) is 3.28. The maximum absolute atomic E-state index is 8.77. The summed E-state index contributed by atoms with van der Waals surface area (Å²) in [4.78, 5) is 0. The summed E-state index contributed by atoms with van der Waals surface area (Å²) in [6, 6.07) is 5.79. The maximum atomic E-state index is 8.77. The standard InChI is InChI=1S/C18H24O3/c1-20-18-11-10-15(7-6-12-19)13-16(18)14-21-17-8-4-2-3-5-9-17/h10-11,13,17,19H,2-5,8-9,12,14H2,1H3. The number of benzene rings is 1. The molecule has 1 saturated carbocycles. The zero-order valence-electron chi connectivity index (χ0n) is 12.7. The van der Waals surface area contributed by atoms with E-state index < -0.39 is 0 Å². The molecule has 1 aromatic carbocycles. The van der Waals surface area contributed by atoms with Gasteiger partial charge in [-0.3, -0.25) is 0 Å². The summed E-state index contributed by atoms with van der Waals surface area (Å²) in [6.45, 7) is 0.433. The molecule has 21 heavy (non-hydrogen) atoms. The highest BCUT2D eigenvalue weighted by Gasteiger charge is 2.14. The van der Waals surface area contributed by atoms with E-state index in [1.807, 2.05) is 18.2 Å². The Morgan fingerprint density at radius 1 is 1.19 bits per heavy atom. The summed E-state index contributed by atoms with van der Waals surface area (Å²) in [6.07, 6.45) is 7.88. The lowest BCUT2D eigenvalue weighted by atomic mass is 10.1. The summed E-state index contributed by atoms with van der Waals surface area (Å²) in [5, 5.41) is 8.77. The smallest absolute Gasteiger partial charge is 0.124 e. The first-order valence-corrected chi connectivity index (χ1v) is 7.71. The van der Waals surface area contributed by atoms with Gasteiger partial charge in [-0.15, -0.1) is 0 Å². The van der Waals surface area contributed by atoms with Gasteiger partial charge in [0.2, 0.25) is 0 Å². The first-order valence-electron chi connectivity index (χ1n) is 7.71. The van der Waals surface area contributed by atoms with Crippen LogP contribution >= 0.6 is 0 Å². The van der Waals surface area contributed by atoms with Gasteiger partial charge in [-0.2, -0.15) is 0 Å². The number of aliphatic hydroxyl groups is 1. The van der Waals surface area contributed by atoms with Crippen LogP contribution in [0.15, 0.2) is 18.2 Å². The third-order valence-electron chi connectivity index (χ3n) is 3.87. The minimum absolute atomic E-state index is 0.125. The van der Waals surface area contributed by atoms with Crippen molar-refractivity contribution in [3.8, 4) is 17.6 Å². The molecule has 1 aromatic rings. The molecule has 3 heteroatoms. The van der Waals surface area contributed by atoms with Crippen LogP contribution in [0.1, 0.15) is 49.7 Å². The van der Waals surface area contributed by atoms with Crippen LogP contribution in [0.25, 0.3) is 0 Å². The molecule has 0 spiro atoms. The molecule has 0 atom stereocenters. The van der Waals surface area contributed by atoms with Crippen LogP contribution in [0.3, 0.4) is 0 Å². The van der Waals surface area contributed by atoms with Crippen LogP contribution in [0.2, 0.25) is 0 Å². The van der Waals surface area contributed by atoms with E-state index >= 15 is 0 Å². The molecule has 0 heterocycles. The highest BCUT2D eigenvalue weighted by atomic mass is 16.5. The molecule has 0 bridgehead atoms.